The fourth-order valence-corrected chi connectivity index (χ4v) is 3.54. The molecular weight excluding hydrogens is 434 g/mol. The van der Waals surface area contributed by atoms with Crippen molar-refractivity contribution in [3.63, 3.8) is 0 Å². The minimum atomic E-state index is -1.19. The number of carboxylic acid groups (broad SMARTS) is 1. The van der Waals surface area contributed by atoms with Gasteiger partial charge in [0.05, 0.1) is 12.6 Å². The number of nitrogens with one attached hydrogen (secondary N) is 4. The average Bonchev–Trinajstić information content (AvgIpc) is 3.17. The Labute approximate surface area is 190 Å². The maximum atomic E-state index is 12.2. The van der Waals surface area contributed by atoms with Crippen LogP contribution in [0.15, 0.2) is 30.5 Å². The molecule has 174 valence electrons. The Bertz CT molecular complexity index is 963. The topological polar surface area (TPSA) is 166 Å². The molecule has 0 bridgehead atoms. The third-order valence-corrected chi connectivity index (χ3v) is 5.52. The smallest absolute Gasteiger partial charge is 0.326 e. The Kier molecular flexibility index (Phi) is 9.54. The standard InChI is InChI=1S/C21H29N5O5S/c1-12(25-20(29)15(22)7-8-32-2)19(28)24-11-18(27)26-17(21(30)31)9-13-10-23-16-6-4-3-5-14(13)16/h3-6,10,12,15,17,23H,7-9,11,22H2,1-2H3,(H,24,28)(H,25,29)(H,26,27)(H,30,31). The highest BCUT2D eigenvalue weighted by molar-refractivity contribution is 7.98. The quantitative estimate of drug-likeness (QED) is 0.257. The fraction of sp³-hybridized carbons (Fsp3) is 0.429. The van der Waals surface area contributed by atoms with E-state index in [0.29, 0.717) is 6.42 Å². The molecule has 0 radical (unpaired) electrons. The zero-order chi connectivity index (χ0) is 23.7. The van der Waals surface area contributed by atoms with Gasteiger partial charge in [0.15, 0.2) is 0 Å². The van der Waals surface area contributed by atoms with Crippen LogP contribution in [0.5, 0.6) is 0 Å². The number of aliphatic carboxylic acids is 1. The average molecular weight is 464 g/mol. The third-order valence-electron chi connectivity index (χ3n) is 4.88. The highest BCUT2D eigenvalue weighted by Gasteiger charge is 2.23. The molecule has 0 spiro atoms. The number of hydrogen-bond acceptors (Lipinski definition) is 6. The summed E-state index contributed by atoms with van der Waals surface area (Å²) in [5.41, 5.74) is 7.39. The Morgan fingerprint density at radius 2 is 1.88 bits per heavy atom. The normalized spacial score (nSPS) is 13.7. The number of amides is 3. The number of hydrogen-bond donors (Lipinski definition) is 6. The summed E-state index contributed by atoms with van der Waals surface area (Å²) < 4.78 is 0. The van der Waals surface area contributed by atoms with Crippen LogP contribution in [0.1, 0.15) is 18.9 Å². The van der Waals surface area contributed by atoms with Crippen molar-refractivity contribution in [3.8, 4) is 0 Å². The van der Waals surface area contributed by atoms with Crippen LogP contribution in [-0.4, -0.2) is 70.5 Å². The fourth-order valence-electron chi connectivity index (χ4n) is 3.05. The number of aromatic amines is 1. The second-order valence-electron chi connectivity index (χ2n) is 7.36. The molecule has 0 saturated carbocycles. The van der Waals surface area contributed by atoms with Gasteiger partial charge in [0, 0.05) is 23.5 Å². The number of rotatable bonds is 12. The first-order chi connectivity index (χ1) is 15.2. The van der Waals surface area contributed by atoms with Crippen LogP contribution in [-0.2, 0) is 25.6 Å². The van der Waals surface area contributed by atoms with Crippen LogP contribution >= 0.6 is 11.8 Å². The Balaban J connectivity index is 1.84. The van der Waals surface area contributed by atoms with Gasteiger partial charge in [-0.15, -0.1) is 0 Å². The highest BCUT2D eigenvalue weighted by atomic mass is 32.2. The van der Waals surface area contributed by atoms with Crippen molar-refractivity contribution in [2.75, 3.05) is 18.6 Å². The molecule has 2 rings (SSSR count). The molecule has 0 aliphatic rings. The second-order valence-corrected chi connectivity index (χ2v) is 8.34. The first-order valence-corrected chi connectivity index (χ1v) is 11.5. The molecule has 3 atom stereocenters. The molecule has 1 aromatic carbocycles. The molecule has 0 saturated heterocycles. The van der Waals surface area contributed by atoms with Gasteiger partial charge in [-0.2, -0.15) is 11.8 Å². The number of fused-ring (bicyclic) bond motifs is 1. The van der Waals surface area contributed by atoms with Crippen molar-refractivity contribution in [2.24, 2.45) is 5.73 Å². The third kappa shape index (κ3) is 7.27. The molecule has 0 aliphatic carbocycles. The van der Waals surface area contributed by atoms with E-state index in [4.69, 9.17) is 5.73 Å². The lowest BCUT2D eigenvalue weighted by atomic mass is 10.0. The van der Waals surface area contributed by atoms with Gasteiger partial charge in [0.2, 0.25) is 17.7 Å². The molecule has 1 heterocycles. The monoisotopic (exact) mass is 463 g/mol. The van der Waals surface area contributed by atoms with Crippen LogP contribution in [0.2, 0.25) is 0 Å². The van der Waals surface area contributed by atoms with E-state index in [-0.39, 0.29) is 6.42 Å². The van der Waals surface area contributed by atoms with Gasteiger partial charge in [0.25, 0.3) is 0 Å². The summed E-state index contributed by atoms with van der Waals surface area (Å²) in [4.78, 5) is 51.1. The zero-order valence-corrected chi connectivity index (χ0v) is 18.8. The predicted octanol–water partition coefficient (Wildman–Crippen LogP) is -0.0189. The number of para-hydroxylation sites is 1. The highest BCUT2D eigenvalue weighted by Crippen LogP contribution is 2.19. The maximum Gasteiger partial charge on any atom is 0.326 e. The molecule has 3 amide bonds. The number of carbonyl (C=O) groups is 4. The molecule has 0 aliphatic heterocycles. The Morgan fingerprint density at radius 1 is 1.16 bits per heavy atom. The van der Waals surface area contributed by atoms with E-state index in [0.717, 1.165) is 22.2 Å². The lowest BCUT2D eigenvalue weighted by Gasteiger charge is -2.18. The van der Waals surface area contributed by atoms with E-state index < -0.39 is 48.4 Å². The molecule has 3 unspecified atom stereocenters. The minimum Gasteiger partial charge on any atom is -0.480 e. The summed E-state index contributed by atoms with van der Waals surface area (Å²) in [5.74, 6) is -2.14. The van der Waals surface area contributed by atoms with Gasteiger partial charge in [-0.25, -0.2) is 4.79 Å². The first kappa shape index (κ1) is 25.2. The van der Waals surface area contributed by atoms with E-state index >= 15 is 0 Å². The minimum absolute atomic E-state index is 0.0828. The predicted molar refractivity (Wildman–Crippen MR) is 123 cm³/mol. The van der Waals surface area contributed by atoms with Crippen LogP contribution in [0.3, 0.4) is 0 Å². The summed E-state index contributed by atoms with van der Waals surface area (Å²) in [5, 5.41) is 17.7. The van der Waals surface area contributed by atoms with E-state index in [1.54, 1.807) is 18.0 Å². The van der Waals surface area contributed by atoms with Crippen LogP contribution in [0.25, 0.3) is 10.9 Å². The number of carbonyl (C=O) groups excluding carboxylic acids is 3. The molecule has 11 heteroatoms. The van der Waals surface area contributed by atoms with Crippen molar-refractivity contribution in [2.45, 2.75) is 37.9 Å². The van der Waals surface area contributed by atoms with Gasteiger partial charge >= 0.3 is 5.97 Å². The van der Waals surface area contributed by atoms with Gasteiger partial charge in [-0.3, -0.25) is 14.4 Å². The maximum absolute atomic E-state index is 12.2. The lowest BCUT2D eigenvalue weighted by Crippen LogP contribution is -2.52. The summed E-state index contributed by atoms with van der Waals surface area (Å²) in [6.07, 6.45) is 4.18. The van der Waals surface area contributed by atoms with Crippen LogP contribution in [0.4, 0.5) is 0 Å². The van der Waals surface area contributed by atoms with Crippen molar-refractivity contribution < 1.29 is 24.3 Å². The molecule has 2 aromatic rings. The number of benzene rings is 1. The number of nitrogens with two attached hydrogens (primary N) is 1. The van der Waals surface area contributed by atoms with Gasteiger partial charge < -0.3 is 31.8 Å². The lowest BCUT2D eigenvalue weighted by molar-refractivity contribution is -0.141. The van der Waals surface area contributed by atoms with Gasteiger partial charge in [-0.1, -0.05) is 18.2 Å². The zero-order valence-electron chi connectivity index (χ0n) is 18.0. The largest absolute Gasteiger partial charge is 0.480 e. The van der Waals surface area contributed by atoms with Crippen molar-refractivity contribution in [3.05, 3.63) is 36.0 Å². The Hall–Kier alpha value is -3.05. The van der Waals surface area contributed by atoms with E-state index in [1.165, 1.54) is 6.92 Å². The number of thioether (sulfide) groups is 1. The molecule has 10 nitrogen and oxygen atoms in total. The molecule has 7 N–H and O–H groups in total. The molecule has 32 heavy (non-hydrogen) atoms. The van der Waals surface area contributed by atoms with Gasteiger partial charge in [0.1, 0.15) is 12.1 Å². The number of aromatic nitrogens is 1. The summed E-state index contributed by atoms with van der Waals surface area (Å²) in [7, 11) is 0. The SMILES string of the molecule is CSCCC(N)C(=O)NC(C)C(=O)NCC(=O)NC(Cc1c[nH]c2ccccc12)C(=O)O. The van der Waals surface area contributed by atoms with Crippen LogP contribution < -0.4 is 21.7 Å². The number of carboxylic acids is 1. The van der Waals surface area contributed by atoms with Crippen LogP contribution in [0, 0.1) is 0 Å². The molecule has 0 fully saturated rings. The first-order valence-electron chi connectivity index (χ1n) is 10.1. The summed E-state index contributed by atoms with van der Waals surface area (Å²) in [6.45, 7) is 1.05. The summed E-state index contributed by atoms with van der Waals surface area (Å²) in [6, 6.07) is 4.68. The van der Waals surface area contributed by atoms with Gasteiger partial charge in [-0.05, 0) is 37.0 Å². The molecular formula is C21H29N5O5S. The van der Waals surface area contributed by atoms with E-state index in [2.05, 4.69) is 20.9 Å². The second kappa shape index (κ2) is 12.1. The summed E-state index contributed by atoms with van der Waals surface area (Å²) >= 11 is 1.56. The van der Waals surface area contributed by atoms with Crippen molar-refractivity contribution in [1.82, 2.24) is 20.9 Å². The van der Waals surface area contributed by atoms with Crippen molar-refractivity contribution in [1.29, 1.82) is 0 Å². The molecule has 1 aromatic heterocycles. The number of H-pyrrole nitrogens is 1. The van der Waals surface area contributed by atoms with E-state index in [9.17, 15) is 24.3 Å². The van der Waals surface area contributed by atoms with E-state index in [1.807, 2.05) is 30.5 Å². The van der Waals surface area contributed by atoms with Crippen molar-refractivity contribution >= 4 is 46.4 Å². The Morgan fingerprint density at radius 3 is 2.56 bits per heavy atom.